The molecule has 0 amide bonds. The molecule has 23 heavy (non-hydrogen) atoms. The highest BCUT2D eigenvalue weighted by Crippen LogP contribution is 2.27. The van der Waals surface area contributed by atoms with Crippen LogP contribution in [0.25, 0.3) is 11.1 Å². The van der Waals surface area contributed by atoms with E-state index >= 15 is 0 Å². The quantitative estimate of drug-likeness (QED) is 0.798. The van der Waals surface area contributed by atoms with Crippen LogP contribution in [0.5, 0.6) is 5.75 Å². The fraction of sp³-hybridized carbons (Fsp3) is 0.316. The topological polar surface area (TPSA) is 61.5 Å². The van der Waals surface area contributed by atoms with E-state index in [0.29, 0.717) is 19.6 Å². The molecule has 2 aromatic rings. The van der Waals surface area contributed by atoms with Gasteiger partial charge in [0.1, 0.15) is 11.8 Å². The number of nitrogens with two attached hydrogens (primary N) is 1. The highest BCUT2D eigenvalue weighted by atomic mass is 16.5. The summed E-state index contributed by atoms with van der Waals surface area (Å²) in [5.74, 6) is 0.368. The lowest BCUT2D eigenvalue weighted by atomic mass is 9.98. The van der Waals surface area contributed by atoms with Crippen LogP contribution in [0.4, 0.5) is 0 Å². The van der Waals surface area contributed by atoms with Crippen LogP contribution in [0.3, 0.4) is 0 Å². The van der Waals surface area contributed by atoms with E-state index in [1.54, 1.807) is 6.92 Å². The molecule has 0 saturated carbocycles. The van der Waals surface area contributed by atoms with E-state index in [9.17, 15) is 4.79 Å². The maximum Gasteiger partial charge on any atom is 0.323 e. The Morgan fingerprint density at radius 2 is 1.78 bits per heavy atom. The molecule has 0 aromatic heterocycles. The predicted molar refractivity (Wildman–Crippen MR) is 91.4 cm³/mol. The second-order valence-corrected chi connectivity index (χ2v) is 5.18. The number of rotatable bonds is 7. The van der Waals surface area contributed by atoms with Crippen LogP contribution in [0, 0.1) is 0 Å². The third-order valence-electron chi connectivity index (χ3n) is 3.50. The Hall–Kier alpha value is -2.33. The second kappa shape index (κ2) is 8.34. The van der Waals surface area contributed by atoms with Gasteiger partial charge in [0.2, 0.25) is 0 Å². The summed E-state index contributed by atoms with van der Waals surface area (Å²) < 4.78 is 10.6. The lowest BCUT2D eigenvalue weighted by Gasteiger charge is -2.15. The van der Waals surface area contributed by atoms with Gasteiger partial charge in [0, 0.05) is 6.42 Å². The van der Waals surface area contributed by atoms with E-state index in [-0.39, 0.29) is 5.97 Å². The number of hydrogen-bond donors (Lipinski definition) is 1. The van der Waals surface area contributed by atoms with Crippen molar-refractivity contribution < 1.29 is 14.3 Å². The Labute approximate surface area is 137 Å². The molecule has 1 unspecified atom stereocenters. The van der Waals surface area contributed by atoms with Gasteiger partial charge in [-0.1, -0.05) is 36.4 Å². The van der Waals surface area contributed by atoms with Crippen molar-refractivity contribution in [3.8, 4) is 16.9 Å². The number of ether oxygens (including phenoxy) is 2. The van der Waals surface area contributed by atoms with Crippen LogP contribution in [0.1, 0.15) is 19.4 Å². The molecule has 2 N–H and O–H groups in total. The van der Waals surface area contributed by atoms with E-state index in [2.05, 4.69) is 0 Å². The number of hydrogen-bond acceptors (Lipinski definition) is 4. The fourth-order valence-electron chi connectivity index (χ4n) is 2.41. The normalized spacial score (nSPS) is 11.8. The Morgan fingerprint density at radius 3 is 2.43 bits per heavy atom. The van der Waals surface area contributed by atoms with E-state index in [1.807, 2.05) is 55.5 Å². The van der Waals surface area contributed by atoms with Gasteiger partial charge < -0.3 is 15.2 Å². The lowest BCUT2D eigenvalue weighted by Crippen LogP contribution is -2.34. The van der Waals surface area contributed by atoms with Crippen molar-refractivity contribution in [2.75, 3.05) is 13.2 Å². The summed E-state index contributed by atoms with van der Waals surface area (Å²) in [6.45, 7) is 4.59. The van der Waals surface area contributed by atoms with Crippen molar-refractivity contribution >= 4 is 5.97 Å². The standard InChI is InChI=1S/C19H23NO3/c1-3-22-18-11-10-15(14-8-6-5-7-9-14)12-16(18)13-17(20)19(21)23-4-2/h5-12,17H,3-4,13,20H2,1-2H3. The third-order valence-corrected chi connectivity index (χ3v) is 3.50. The molecule has 4 nitrogen and oxygen atoms in total. The zero-order valence-electron chi connectivity index (χ0n) is 13.6. The van der Waals surface area contributed by atoms with Gasteiger partial charge in [-0.25, -0.2) is 0 Å². The van der Waals surface area contributed by atoms with Crippen LogP contribution in [0.15, 0.2) is 48.5 Å². The average molecular weight is 313 g/mol. The van der Waals surface area contributed by atoms with Crippen molar-refractivity contribution in [3.05, 3.63) is 54.1 Å². The third kappa shape index (κ3) is 4.57. The molecule has 0 fully saturated rings. The molecule has 0 aliphatic carbocycles. The molecule has 2 aromatic carbocycles. The van der Waals surface area contributed by atoms with Crippen molar-refractivity contribution in [2.24, 2.45) is 5.73 Å². The van der Waals surface area contributed by atoms with E-state index < -0.39 is 6.04 Å². The monoisotopic (exact) mass is 313 g/mol. The number of esters is 1. The fourth-order valence-corrected chi connectivity index (χ4v) is 2.41. The summed E-state index contributed by atoms with van der Waals surface area (Å²) in [4.78, 5) is 11.8. The minimum atomic E-state index is -0.694. The molecule has 2 rings (SSSR count). The van der Waals surface area contributed by atoms with Crippen LogP contribution in [-0.4, -0.2) is 25.2 Å². The molecule has 0 bridgehead atoms. The largest absolute Gasteiger partial charge is 0.494 e. The zero-order valence-corrected chi connectivity index (χ0v) is 13.6. The molecule has 1 atom stereocenters. The molecule has 0 saturated heterocycles. The molecule has 0 radical (unpaired) electrons. The van der Waals surface area contributed by atoms with Gasteiger partial charge in [-0.15, -0.1) is 0 Å². The Kier molecular flexibility index (Phi) is 6.18. The van der Waals surface area contributed by atoms with Gasteiger partial charge in [0.05, 0.1) is 13.2 Å². The van der Waals surface area contributed by atoms with E-state index in [0.717, 1.165) is 22.4 Å². The molecule has 122 valence electrons. The predicted octanol–water partition coefficient (Wildman–Crippen LogP) is 3.19. The summed E-state index contributed by atoms with van der Waals surface area (Å²) in [6, 6.07) is 15.3. The minimum absolute atomic E-state index is 0.328. The van der Waals surface area contributed by atoms with Gasteiger partial charge in [0.25, 0.3) is 0 Å². The molecule has 0 heterocycles. The van der Waals surface area contributed by atoms with Gasteiger partial charge in [0.15, 0.2) is 0 Å². The van der Waals surface area contributed by atoms with Gasteiger partial charge in [-0.2, -0.15) is 0 Å². The highest BCUT2D eigenvalue weighted by molar-refractivity contribution is 5.76. The van der Waals surface area contributed by atoms with Gasteiger partial charge in [-0.05, 0) is 42.7 Å². The van der Waals surface area contributed by atoms with Gasteiger partial charge in [-0.3, -0.25) is 4.79 Å². The Morgan fingerprint density at radius 1 is 1.04 bits per heavy atom. The number of carbonyl (C=O) groups is 1. The highest BCUT2D eigenvalue weighted by Gasteiger charge is 2.18. The molecular weight excluding hydrogens is 290 g/mol. The lowest BCUT2D eigenvalue weighted by molar-refractivity contribution is -0.144. The minimum Gasteiger partial charge on any atom is -0.494 e. The van der Waals surface area contributed by atoms with Crippen LogP contribution in [0.2, 0.25) is 0 Å². The summed E-state index contributed by atoms with van der Waals surface area (Å²) in [6.07, 6.45) is 0.384. The second-order valence-electron chi connectivity index (χ2n) is 5.18. The SMILES string of the molecule is CCOC(=O)C(N)Cc1cc(-c2ccccc2)ccc1OCC. The Bertz CT molecular complexity index is 640. The zero-order chi connectivity index (χ0) is 16.7. The number of carbonyl (C=O) groups excluding carboxylic acids is 1. The molecule has 0 aliphatic heterocycles. The summed E-state index contributed by atoms with van der Waals surface area (Å²) in [5.41, 5.74) is 9.05. The summed E-state index contributed by atoms with van der Waals surface area (Å²) in [5, 5.41) is 0. The summed E-state index contributed by atoms with van der Waals surface area (Å²) in [7, 11) is 0. The van der Waals surface area contributed by atoms with Crippen molar-refractivity contribution in [1.29, 1.82) is 0 Å². The van der Waals surface area contributed by atoms with Crippen LogP contribution in [-0.2, 0) is 16.0 Å². The molecule has 4 heteroatoms. The number of benzene rings is 2. The first-order valence-corrected chi connectivity index (χ1v) is 7.89. The van der Waals surface area contributed by atoms with Gasteiger partial charge >= 0.3 is 5.97 Å². The Balaban J connectivity index is 2.29. The molecule has 0 spiro atoms. The summed E-state index contributed by atoms with van der Waals surface area (Å²) >= 11 is 0. The average Bonchev–Trinajstić information content (AvgIpc) is 2.57. The van der Waals surface area contributed by atoms with Crippen LogP contribution < -0.4 is 10.5 Å². The first kappa shape index (κ1) is 17.0. The molecule has 0 aliphatic rings. The van der Waals surface area contributed by atoms with Crippen molar-refractivity contribution in [1.82, 2.24) is 0 Å². The smallest absolute Gasteiger partial charge is 0.323 e. The first-order valence-electron chi connectivity index (χ1n) is 7.89. The first-order chi connectivity index (χ1) is 11.2. The van der Waals surface area contributed by atoms with Crippen molar-refractivity contribution in [2.45, 2.75) is 26.3 Å². The van der Waals surface area contributed by atoms with E-state index in [1.165, 1.54) is 0 Å². The van der Waals surface area contributed by atoms with E-state index in [4.69, 9.17) is 15.2 Å². The van der Waals surface area contributed by atoms with Crippen LogP contribution >= 0.6 is 0 Å². The van der Waals surface area contributed by atoms with Crippen molar-refractivity contribution in [3.63, 3.8) is 0 Å². The maximum absolute atomic E-state index is 11.8. The molecular formula is C19H23NO3. The maximum atomic E-state index is 11.8.